The van der Waals surface area contributed by atoms with Crippen LogP contribution in [-0.2, 0) is 11.3 Å². The van der Waals surface area contributed by atoms with Crippen molar-refractivity contribution in [3.05, 3.63) is 35.6 Å². The summed E-state index contributed by atoms with van der Waals surface area (Å²) in [5.74, 6) is -1.19. The lowest BCUT2D eigenvalue weighted by Crippen LogP contribution is -2.46. The van der Waals surface area contributed by atoms with Crippen molar-refractivity contribution in [2.45, 2.75) is 44.3 Å². The van der Waals surface area contributed by atoms with Crippen LogP contribution in [0.1, 0.15) is 31.2 Å². The van der Waals surface area contributed by atoms with E-state index in [1.165, 1.54) is 6.07 Å². The fourth-order valence-corrected chi connectivity index (χ4v) is 3.63. The van der Waals surface area contributed by atoms with Gasteiger partial charge in [-0.05, 0) is 31.7 Å². The van der Waals surface area contributed by atoms with E-state index in [4.69, 9.17) is 0 Å². The zero-order valence-corrected chi connectivity index (χ0v) is 10.8. The second kappa shape index (κ2) is 4.93. The monoisotopic (exact) mass is 263 g/mol. The number of carboxylic acid groups (broad SMARTS) is 1. The summed E-state index contributed by atoms with van der Waals surface area (Å²) in [7, 11) is 0. The average Bonchev–Trinajstić information content (AvgIpc) is 2.64. The SMILES string of the molecule is O=C(O)C1CC[C@H]2CC[C@@H]1N2Cc1ccccc1F. The van der Waals surface area contributed by atoms with Crippen LogP contribution in [0, 0.1) is 11.7 Å². The van der Waals surface area contributed by atoms with E-state index in [9.17, 15) is 14.3 Å². The number of hydrogen-bond donors (Lipinski definition) is 1. The molecule has 3 atom stereocenters. The molecule has 0 amide bonds. The van der Waals surface area contributed by atoms with Crippen molar-refractivity contribution in [1.29, 1.82) is 0 Å². The summed E-state index contributed by atoms with van der Waals surface area (Å²) in [6.45, 7) is 0.534. The van der Waals surface area contributed by atoms with Crippen molar-refractivity contribution in [1.82, 2.24) is 4.90 Å². The van der Waals surface area contributed by atoms with Crippen LogP contribution in [0.15, 0.2) is 24.3 Å². The van der Waals surface area contributed by atoms with Crippen molar-refractivity contribution in [3.8, 4) is 0 Å². The topological polar surface area (TPSA) is 40.5 Å². The van der Waals surface area contributed by atoms with Crippen molar-refractivity contribution in [2.75, 3.05) is 0 Å². The second-order valence-electron chi connectivity index (χ2n) is 5.58. The summed E-state index contributed by atoms with van der Waals surface area (Å²) in [4.78, 5) is 13.5. The molecule has 0 saturated carbocycles. The lowest BCUT2D eigenvalue weighted by Gasteiger charge is -2.38. The molecule has 0 aliphatic carbocycles. The number of rotatable bonds is 3. The normalized spacial score (nSPS) is 30.5. The van der Waals surface area contributed by atoms with Gasteiger partial charge in [-0.3, -0.25) is 9.69 Å². The molecule has 1 aromatic carbocycles. The summed E-state index contributed by atoms with van der Waals surface area (Å²) >= 11 is 0. The van der Waals surface area contributed by atoms with Crippen LogP contribution >= 0.6 is 0 Å². The third-order valence-corrected chi connectivity index (χ3v) is 4.59. The molecule has 2 bridgehead atoms. The standard InChI is InChI=1S/C15H18FNO2/c16-13-4-2-1-3-10(13)9-17-11-5-7-12(15(18)19)14(17)8-6-11/h1-4,11-12,14H,5-9H2,(H,18,19)/t11-,12?,14-/m0/s1. The molecule has 3 nitrogen and oxygen atoms in total. The molecule has 2 aliphatic rings. The molecule has 0 aromatic heterocycles. The molecule has 19 heavy (non-hydrogen) atoms. The van der Waals surface area contributed by atoms with Gasteiger partial charge in [-0.15, -0.1) is 0 Å². The number of halogens is 1. The van der Waals surface area contributed by atoms with E-state index in [0.717, 1.165) is 25.7 Å². The van der Waals surface area contributed by atoms with Crippen LogP contribution in [-0.4, -0.2) is 28.1 Å². The Morgan fingerprint density at radius 2 is 2.00 bits per heavy atom. The zero-order valence-electron chi connectivity index (χ0n) is 10.8. The van der Waals surface area contributed by atoms with Gasteiger partial charge in [0.05, 0.1) is 5.92 Å². The molecule has 0 spiro atoms. The first-order valence-corrected chi connectivity index (χ1v) is 6.89. The van der Waals surface area contributed by atoms with Crippen LogP contribution in [0.4, 0.5) is 4.39 Å². The fourth-order valence-electron chi connectivity index (χ4n) is 3.63. The summed E-state index contributed by atoms with van der Waals surface area (Å²) in [5, 5.41) is 9.30. The molecule has 0 radical (unpaired) electrons. The molecule has 2 saturated heterocycles. The maximum absolute atomic E-state index is 13.7. The number of fused-ring (bicyclic) bond motifs is 2. The number of carbonyl (C=O) groups is 1. The van der Waals surface area contributed by atoms with Gasteiger partial charge in [0.25, 0.3) is 0 Å². The number of aliphatic carboxylic acids is 1. The van der Waals surface area contributed by atoms with E-state index in [1.54, 1.807) is 12.1 Å². The quantitative estimate of drug-likeness (QED) is 0.911. The van der Waals surface area contributed by atoms with Gasteiger partial charge < -0.3 is 5.11 Å². The molecule has 1 N–H and O–H groups in total. The third kappa shape index (κ3) is 2.25. The molecule has 1 unspecified atom stereocenters. The van der Waals surface area contributed by atoms with E-state index in [1.807, 2.05) is 6.07 Å². The van der Waals surface area contributed by atoms with Crippen molar-refractivity contribution >= 4 is 5.97 Å². The van der Waals surface area contributed by atoms with Gasteiger partial charge in [0.2, 0.25) is 0 Å². The maximum Gasteiger partial charge on any atom is 0.308 e. The fraction of sp³-hybridized carbons (Fsp3) is 0.533. The minimum absolute atomic E-state index is 0.0795. The average molecular weight is 263 g/mol. The first-order valence-electron chi connectivity index (χ1n) is 6.89. The van der Waals surface area contributed by atoms with Crippen molar-refractivity contribution in [2.24, 2.45) is 5.92 Å². The summed E-state index contributed by atoms with van der Waals surface area (Å²) < 4.78 is 13.7. The first kappa shape index (κ1) is 12.6. The number of piperidine rings is 1. The van der Waals surface area contributed by atoms with E-state index >= 15 is 0 Å². The van der Waals surface area contributed by atoms with Gasteiger partial charge >= 0.3 is 5.97 Å². The number of hydrogen-bond acceptors (Lipinski definition) is 2. The Bertz CT molecular complexity index is 491. The Hall–Kier alpha value is -1.42. The molecule has 2 aliphatic heterocycles. The second-order valence-corrected chi connectivity index (χ2v) is 5.58. The van der Waals surface area contributed by atoms with Crippen molar-refractivity contribution in [3.63, 3.8) is 0 Å². The summed E-state index contributed by atoms with van der Waals surface area (Å²) in [6.07, 6.45) is 3.65. The Morgan fingerprint density at radius 3 is 2.74 bits per heavy atom. The Balaban J connectivity index is 1.81. The predicted octanol–water partition coefficient (Wildman–Crippen LogP) is 2.65. The largest absolute Gasteiger partial charge is 0.481 e. The summed E-state index contributed by atoms with van der Waals surface area (Å²) in [5.41, 5.74) is 0.672. The van der Waals surface area contributed by atoms with Crippen LogP contribution < -0.4 is 0 Å². The van der Waals surface area contributed by atoms with Crippen molar-refractivity contribution < 1.29 is 14.3 Å². The van der Waals surface area contributed by atoms with Crippen LogP contribution in [0.2, 0.25) is 0 Å². The van der Waals surface area contributed by atoms with Gasteiger partial charge in [-0.1, -0.05) is 18.2 Å². The first-order chi connectivity index (χ1) is 9.16. The van der Waals surface area contributed by atoms with Gasteiger partial charge in [-0.2, -0.15) is 0 Å². The number of carboxylic acids is 1. The molecule has 2 fully saturated rings. The highest BCUT2D eigenvalue weighted by atomic mass is 19.1. The summed E-state index contributed by atoms with van der Waals surface area (Å²) in [6, 6.07) is 7.29. The predicted molar refractivity (Wildman–Crippen MR) is 69.1 cm³/mol. The molecular weight excluding hydrogens is 245 g/mol. The smallest absolute Gasteiger partial charge is 0.308 e. The van der Waals surface area contributed by atoms with Gasteiger partial charge in [0, 0.05) is 24.2 Å². The Kier molecular flexibility index (Phi) is 3.27. The van der Waals surface area contributed by atoms with Gasteiger partial charge in [0.1, 0.15) is 5.82 Å². The van der Waals surface area contributed by atoms with E-state index in [-0.39, 0.29) is 17.8 Å². The Morgan fingerprint density at radius 1 is 1.26 bits per heavy atom. The highest BCUT2D eigenvalue weighted by molar-refractivity contribution is 5.71. The molecule has 102 valence electrons. The van der Waals surface area contributed by atoms with Gasteiger partial charge in [0.15, 0.2) is 0 Å². The van der Waals surface area contributed by atoms with E-state index < -0.39 is 5.97 Å². The highest BCUT2D eigenvalue weighted by Gasteiger charge is 2.45. The van der Waals surface area contributed by atoms with E-state index in [0.29, 0.717) is 18.2 Å². The molecule has 1 aromatic rings. The molecule has 2 heterocycles. The molecule has 3 rings (SSSR count). The number of benzene rings is 1. The van der Waals surface area contributed by atoms with Gasteiger partial charge in [-0.25, -0.2) is 4.39 Å². The van der Waals surface area contributed by atoms with Crippen LogP contribution in [0.25, 0.3) is 0 Å². The third-order valence-electron chi connectivity index (χ3n) is 4.59. The zero-order chi connectivity index (χ0) is 13.4. The number of nitrogens with zero attached hydrogens (tertiary/aromatic N) is 1. The molecular formula is C15H18FNO2. The van der Waals surface area contributed by atoms with Crippen LogP contribution in [0.5, 0.6) is 0 Å². The Labute approximate surface area is 112 Å². The van der Waals surface area contributed by atoms with E-state index in [2.05, 4.69) is 4.90 Å². The lowest BCUT2D eigenvalue weighted by atomic mass is 9.90. The molecule has 4 heteroatoms. The minimum Gasteiger partial charge on any atom is -0.481 e. The lowest BCUT2D eigenvalue weighted by molar-refractivity contribution is -0.145. The maximum atomic E-state index is 13.7. The minimum atomic E-state index is -0.705. The van der Waals surface area contributed by atoms with Crippen LogP contribution in [0.3, 0.4) is 0 Å². The highest BCUT2D eigenvalue weighted by Crippen LogP contribution is 2.40.